The molecule has 0 saturated carbocycles. The number of nitro groups is 1. The highest BCUT2D eigenvalue weighted by Gasteiger charge is 2.15. The third kappa shape index (κ3) is 3.08. The van der Waals surface area contributed by atoms with Crippen molar-refractivity contribution in [1.82, 2.24) is 20.2 Å². The van der Waals surface area contributed by atoms with E-state index in [1.54, 1.807) is 16.8 Å². The molecule has 1 heterocycles. The Hall–Kier alpha value is -1.96. The molecule has 0 bridgehead atoms. The van der Waals surface area contributed by atoms with Crippen LogP contribution in [0.3, 0.4) is 0 Å². The summed E-state index contributed by atoms with van der Waals surface area (Å²) in [5, 5.41) is 22.9. The van der Waals surface area contributed by atoms with Gasteiger partial charge < -0.3 is 0 Å². The molecule has 0 N–H and O–H groups in total. The number of nitrogens with zero attached hydrogens (tertiary/aromatic N) is 5. The van der Waals surface area contributed by atoms with Crippen LogP contribution in [0.15, 0.2) is 29.4 Å². The molecule has 2 rings (SSSR count). The number of nitro benzene ring substituents is 1. The van der Waals surface area contributed by atoms with E-state index < -0.39 is 4.92 Å². The van der Waals surface area contributed by atoms with Gasteiger partial charge in [0.25, 0.3) is 5.69 Å². The van der Waals surface area contributed by atoms with Gasteiger partial charge in [-0.15, -0.1) is 5.10 Å². The van der Waals surface area contributed by atoms with Crippen molar-refractivity contribution in [3.8, 4) is 0 Å². The van der Waals surface area contributed by atoms with Crippen LogP contribution >= 0.6 is 11.8 Å². The van der Waals surface area contributed by atoms with Crippen molar-refractivity contribution < 1.29 is 4.92 Å². The fourth-order valence-electron chi connectivity index (χ4n) is 1.60. The predicted octanol–water partition coefficient (Wildman–Crippen LogP) is 2.45. The van der Waals surface area contributed by atoms with E-state index >= 15 is 0 Å². The fourth-order valence-corrected chi connectivity index (χ4v) is 2.57. The summed E-state index contributed by atoms with van der Waals surface area (Å²) in [4.78, 5) is 10.4. The van der Waals surface area contributed by atoms with Crippen LogP contribution in [0.25, 0.3) is 0 Å². The number of hydrogen-bond acceptors (Lipinski definition) is 6. The minimum atomic E-state index is -0.392. The summed E-state index contributed by atoms with van der Waals surface area (Å²) in [6.45, 7) is 4.62. The Morgan fingerprint density at radius 1 is 1.53 bits per heavy atom. The maximum atomic E-state index is 10.8. The van der Waals surface area contributed by atoms with Crippen LogP contribution in [0.4, 0.5) is 5.69 Å². The van der Waals surface area contributed by atoms with Crippen LogP contribution < -0.4 is 0 Å². The maximum Gasteiger partial charge on any atom is 0.269 e. The third-order valence-electron chi connectivity index (χ3n) is 2.63. The van der Waals surface area contributed by atoms with Gasteiger partial charge in [-0.2, -0.15) is 0 Å². The molecule has 1 aromatic carbocycles. The first kappa shape index (κ1) is 13.5. The van der Waals surface area contributed by atoms with E-state index in [0.29, 0.717) is 11.7 Å². The Morgan fingerprint density at radius 3 is 3.00 bits per heavy atom. The number of rotatable bonds is 5. The molecule has 0 aliphatic carbocycles. The summed E-state index contributed by atoms with van der Waals surface area (Å²) in [6.07, 6.45) is 0. The normalized spacial score (nSPS) is 12.3. The highest BCUT2D eigenvalue weighted by Crippen LogP contribution is 2.34. The number of non-ortho nitro benzene ring substituents is 1. The largest absolute Gasteiger partial charge is 0.269 e. The fraction of sp³-hybridized carbons (Fsp3) is 0.364. The monoisotopic (exact) mass is 279 g/mol. The van der Waals surface area contributed by atoms with Gasteiger partial charge in [0, 0.05) is 23.9 Å². The first-order chi connectivity index (χ1) is 9.11. The Kier molecular flexibility index (Phi) is 4.10. The first-order valence-corrected chi connectivity index (χ1v) is 6.67. The van der Waals surface area contributed by atoms with Crippen molar-refractivity contribution >= 4 is 17.4 Å². The maximum absolute atomic E-state index is 10.8. The van der Waals surface area contributed by atoms with E-state index in [9.17, 15) is 10.1 Å². The highest BCUT2D eigenvalue weighted by molar-refractivity contribution is 7.99. The minimum absolute atomic E-state index is 0.0381. The second-order valence-corrected chi connectivity index (χ2v) is 5.20. The third-order valence-corrected chi connectivity index (χ3v) is 3.76. The molecule has 0 saturated heterocycles. The number of aromatic nitrogens is 4. The van der Waals surface area contributed by atoms with Gasteiger partial charge in [0.2, 0.25) is 5.16 Å². The number of hydrogen-bond donors (Lipinski definition) is 0. The molecule has 1 unspecified atom stereocenters. The molecular weight excluding hydrogens is 266 g/mol. The van der Waals surface area contributed by atoms with Crippen molar-refractivity contribution in [2.24, 2.45) is 0 Å². The van der Waals surface area contributed by atoms with Gasteiger partial charge in [0.1, 0.15) is 0 Å². The van der Waals surface area contributed by atoms with E-state index in [4.69, 9.17) is 0 Å². The zero-order valence-corrected chi connectivity index (χ0v) is 11.4. The second kappa shape index (κ2) is 5.79. The lowest BCUT2D eigenvalue weighted by Crippen LogP contribution is -2.00. The predicted molar refractivity (Wildman–Crippen MR) is 70.9 cm³/mol. The van der Waals surface area contributed by atoms with Crippen molar-refractivity contribution in [2.75, 3.05) is 0 Å². The van der Waals surface area contributed by atoms with Crippen LogP contribution in [-0.4, -0.2) is 25.1 Å². The van der Waals surface area contributed by atoms with E-state index in [0.717, 1.165) is 5.56 Å². The summed E-state index contributed by atoms with van der Waals surface area (Å²) in [6, 6.07) is 6.62. The second-order valence-electron chi connectivity index (χ2n) is 3.89. The Morgan fingerprint density at radius 2 is 2.32 bits per heavy atom. The van der Waals surface area contributed by atoms with Crippen molar-refractivity contribution in [1.29, 1.82) is 0 Å². The van der Waals surface area contributed by atoms with Crippen molar-refractivity contribution in [2.45, 2.75) is 30.8 Å². The molecule has 19 heavy (non-hydrogen) atoms. The molecule has 0 fully saturated rings. The molecule has 0 amide bonds. The van der Waals surface area contributed by atoms with Gasteiger partial charge >= 0.3 is 0 Å². The van der Waals surface area contributed by atoms with Gasteiger partial charge in [0.05, 0.1) is 4.92 Å². The van der Waals surface area contributed by atoms with Crippen LogP contribution in [0.1, 0.15) is 24.7 Å². The number of aryl methyl sites for hydroxylation is 1. The molecule has 8 heteroatoms. The van der Waals surface area contributed by atoms with Gasteiger partial charge in [0.15, 0.2) is 0 Å². The summed E-state index contributed by atoms with van der Waals surface area (Å²) in [7, 11) is 0. The summed E-state index contributed by atoms with van der Waals surface area (Å²) in [5.74, 6) is 0. The molecule has 0 aliphatic heterocycles. The molecule has 100 valence electrons. The number of tetrazole rings is 1. The molecule has 1 atom stereocenters. The minimum Gasteiger partial charge on any atom is -0.258 e. The van der Waals surface area contributed by atoms with Crippen LogP contribution in [0.2, 0.25) is 0 Å². The quantitative estimate of drug-likeness (QED) is 0.474. The average molecular weight is 279 g/mol. The summed E-state index contributed by atoms with van der Waals surface area (Å²) < 4.78 is 1.69. The lowest BCUT2D eigenvalue weighted by molar-refractivity contribution is -0.384. The van der Waals surface area contributed by atoms with Crippen molar-refractivity contribution in [3.05, 3.63) is 39.9 Å². The first-order valence-electron chi connectivity index (χ1n) is 5.79. The zero-order chi connectivity index (χ0) is 13.8. The summed E-state index contributed by atoms with van der Waals surface area (Å²) in [5.41, 5.74) is 0.977. The van der Waals surface area contributed by atoms with Crippen LogP contribution in [0, 0.1) is 10.1 Å². The van der Waals surface area contributed by atoms with Crippen LogP contribution in [-0.2, 0) is 6.54 Å². The SMILES string of the molecule is CCn1nnnc1SC(C)c1cccc([N+](=O)[O-])c1. The van der Waals surface area contributed by atoms with Crippen molar-refractivity contribution in [3.63, 3.8) is 0 Å². The smallest absolute Gasteiger partial charge is 0.258 e. The van der Waals surface area contributed by atoms with E-state index in [1.807, 2.05) is 19.9 Å². The molecule has 1 aromatic heterocycles. The molecule has 2 aromatic rings. The van der Waals surface area contributed by atoms with Gasteiger partial charge in [-0.1, -0.05) is 23.9 Å². The van der Waals surface area contributed by atoms with E-state index in [-0.39, 0.29) is 10.9 Å². The standard InChI is InChI=1S/C11H13N5O2S/c1-3-15-11(12-13-14-15)19-8(2)9-5-4-6-10(7-9)16(17)18/h4-8H,3H2,1-2H3. The Bertz CT molecular complexity index is 586. The molecular formula is C11H13N5O2S. The van der Waals surface area contributed by atoms with E-state index in [2.05, 4.69) is 15.5 Å². The van der Waals surface area contributed by atoms with Crippen LogP contribution in [0.5, 0.6) is 0 Å². The Balaban J connectivity index is 2.18. The topological polar surface area (TPSA) is 86.7 Å². The van der Waals surface area contributed by atoms with Gasteiger partial charge in [-0.3, -0.25) is 10.1 Å². The average Bonchev–Trinajstić information content (AvgIpc) is 2.86. The highest BCUT2D eigenvalue weighted by atomic mass is 32.2. The van der Waals surface area contributed by atoms with E-state index in [1.165, 1.54) is 17.8 Å². The lowest BCUT2D eigenvalue weighted by Gasteiger charge is -2.10. The van der Waals surface area contributed by atoms with Gasteiger partial charge in [-0.05, 0) is 29.8 Å². The van der Waals surface area contributed by atoms with Gasteiger partial charge in [-0.25, -0.2) is 4.68 Å². The lowest BCUT2D eigenvalue weighted by atomic mass is 10.1. The summed E-state index contributed by atoms with van der Waals surface area (Å²) >= 11 is 1.48. The molecule has 0 radical (unpaired) electrons. The molecule has 7 nitrogen and oxygen atoms in total. The molecule has 0 spiro atoms. The number of benzene rings is 1. The Labute approximate surface area is 114 Å². The number of thioether (sulfide) groups is 1. The zero-order valence-electron chi connectivity index (χ0n) is 10.6. The molecule has 0 aliphatic rings.